The summed E-state index contributed by atoms with van der Waals surface area (Å²) in [4.78, 5) is 4.76. The van der Waals surface area contributed by atoms with Crippen LogP contribution in [-0.4, -0.2) is 0 Å². The van der Waals surface area contributed by atoms with E-state index in [0.29, 0.717) is 0 Å². The van der Waals surface area contributed by atoms with Crippen molar-refractivity contribution in [1.29, 1.82) is 0 Å². The third kappa shape index (κ3) is 8.36. The summed E-state index contributed by atoms with van der Waals surface area (Å²) in [5, 5.41) is 2.47. The first-order valence-electron chi connectivity index (χ1n) is 22.9. The van der Waals surface area contributed by atoms with Crippen molar-refractivity contribution in [2.45, 2.75) is 12.8 Å². The Morgan fingerprint density at radius 1 is 0.242 bits per heavy atom. The second-order valence-electron chi connectivity index (χ2n) is 16.9. The van der Waals surface area contributed by atoms with Gasteiger partial charge in [0.25, 0.3) is 0 Å². The van der Waals surface area contributed by atoms with Crippen LogP contribution in [0.5, 0.6) is 0 Å². The minimum Gasteiger partial charge on any atom is -0.314 e. The number of anilines is 5. The van der Waals surface area contributed by atoms with Crippen molar-refractivity contribution in [2.75, 3.05) is 9.80 Å². The average Bonchev–Trinajstić information content (AvgIpc) is 3.40. The molecule has 314 valence electrons. The van der Waals surface area contributed by atoms with Crippen LogP contribution in [0.15, 0.2) is 273 Å². The molecule has 0 fully saturated rings. The van der Waals surface area contributed by atoms with Gasteiger partial charge in [-0.05, 0) is 152 Å². The molecular weight excluding hydrogens is 797 g/mol. The molecule has 0 radical (unpaired) electrons. The van der Waals surface area contributed by atoms with Gasteiger partial charge in [-0.15, -0.1) is 0 Å². The molecule has 66 heavy (non-hydrogen) atoms. The maximum atomic E-state index is 2.44. The lowest BCUT2D eigenvalue weighted by Gasteiger charge is -2.30. The highest BCUT2D eigenvalue weighted by Crippen LogP contribution is 2.43. The van der Waals surface area contributed by atoms with Gasteiger partial charge in [-0.1, -0.05) is 194 Å². The van der Waals surface area contributed by atoms with E-state index in [1.54, 1.807) is 0 Å². The van der Waals surface area contributed by atoms with Crippen molar-refractivity contribution < 1.29 is 0 Å². The Morgan fingerprint density at radius 2 is 0.682 bits per heavy atom. The van der Waals surface area contributed by atoms with Crippen LogP contribution in [0.25, 0.3) is 60.9 Å². The highest BCUT2D eigenvalue weighted by Gasteiger charge is 2.21. The zero-order chi connectivity index (χ0) is 44.1. The van der Waals surface area contributed by atoms with Gasteiger partial charge in [0.15, 0.2) is 0 Å². The Kier molecular flexibility index (Phi) is 11.2. The Hall–Kier alpha value is -8.46. The largest absolute Gasteiger partial charge is 0.314 e. The van der Waals surface area contributed by atoms with Crippen molar-refractivity contribution in [3.63, 3.8) is 0 Å². The third-order valence-electron chi connectivity index (χ3n) is 12.8. The van der Waals surface area contributed by atoms with Crippen molar-refractivity contribution in [3.05, 3.63) is 278 Å². The zero-order valence-corrected chi connectivity index (χ0v) is 36.7. The van der Waals surface area contributed by atoms with Gasteiger partial charge in [-0.3, -0.25) is 0 Å². The molecule has 0 bridgehead atoms. The number of allylic oxidation sites excluding steroid dienone is 4. The fraction of sp³-hybridized carbons (Fsp3) is 0.0312. The second kappa shape index (κ2) is 18.3. The van der Waals surface area contributed by atoms with E-state index in [9.17, 15) is 0 Å². The molecule has 1 aliphatic rings. The van der Waals surface area contributed by atoms with E-state index in [2.05, 4.69) is 277 Å². The lowest BCUT2D eigenvalue weighted by atomic mass is 9.91. The monoisotopic (exact) mass is 844 g/mol. The van der Waals surface area contributed by atoms with Gasteiger partial charge in [0.1, 0.15) is 0 Å². The molecule has 1 aliphatic carbocycles. The molecule has 0 heterocycles. The molecule has 10 aromatic carbocycles. The summed E-state index contributed by atoms with van der Waals surface area (Å²) >= 11 is 0. The zero-order valence-electron chi connectivity index (χ0n) is 36.7. The van der Waals surface area contributed by atoms with Crippen LogP contribution in [0.4, 0.5) is 28.4 Å². The van der Waals surface area contributed by atoms with Crippen LogP contribution in [0, 0.1) is 0 Å². The number of fused-ring (bicyclic) bond motifs is 1. The van der Waals surface area contributed by atoms with Crippen LogP contribution in [0.2, 0.25) is 0 Å². The van der Waals surface area contributed by atoms with Crippen molar-refractivity contribution in [1.82, 2.24) is 0 Å². The number of nitrogens with zero attached hydrogens (tertiary/aromatic N) is 2. The van der Waals surface area contributed by atoms with E-state index in [-0.39, 0.29) is 0 Å². The lowest BCUT2D eigenvalue weighted by molar-refractivity contribution is 0.930. The van der Waals surface area contributed by atoms with Gasteiger partial charge < -0.3 is 9.80 Å². The van der Waals surface area contributed by atoms with Gasteiger partial charge >= 0.3 is 0 Å². The van der Waals surface area contributed by atoms with Gasteiger partial charge in [0.05, 0.1) is 0 Å². The van der Waals surface area contributed by atoms with Crippen molar-refractivity contribution in [3.8, 4) is 44.5 Å². The first kappa shape index (κ1) is 40.3. The summed E-state index contributed by atoms with van der Waals surface area (Å²) in [5.74, 6) is 0. The number of hydrogen-bond acceptors (Lipinski definition) is 2. The summed E-state index contributed by atoms with van der Waals surface area (Å²) in [6, 6.07) is 92.1. The third-order valence-corrected chi connectivity index (χ3v) is 12.8. The Balaban J connectivity index is 0.936. The van der Waals surface area contributed by atoms with Crippen LogP contribution >= 0.6 is 0 Å². The molecule has 0 saturated heterocycles. The minimum atomic E-state index is 0.942. The van der Waals surface area contributed by atoms with E-state index in [0.717, 1.165) is 41.3 Å². The molecule has 10 aromatic rings. The molecule has 0 aliphatic heterocycles. The predicted molar refractivity (Wildman–Crippen MR) is 281 cm³/mol. The molecule has 0 saturated carbocycles. The molecule has 0 N–H and O–H groups in total. The van der Waals surface area contributed by atoms with E-state index in [1.807, 2.05) is 0 Å². The van der Waals surface area contributed by atoms with Crippen LogP contribution in [-0.2, 0) is 0 Å². The summed E-state index contributed by atoms with van der Waals surface area (Å²) < 4.78 is 0. The Morgan fingerprint density at radius 3 is 1.26 bits per heavy atom. The molecular formula is C64H48N2. The standard InChI is InChI=1S/C64H48N2/c1-5-15-47(16-6-1)51-31-37-59(38-32-51)65(57-21-9-3-10-22-57)60-39-35-53(36-40-60)50-25-28-54(29-26-50)63-44-43-62(46-64(63)56-30-27-49-19-13-14-20-55(49)45-56)66(58-23-11-4-12-24-58)61-41-33-52(34-42-61)48-17-7-2-8-18-48/h1-33,35-41,43-46H,34,42H2. The Labute approximate surface area is 388 Å². The highest BCUT2D eigenvalue weighted by atomic mass is 15.2. The molecule has 0 amide bonds. The highest BCUT2D eigenvalue weighted by molar-refractivity contribution is 5.93. The Bertz CT molecular complexity index is 3300. The summed E-state index contributed by atoms with van der Waals surface area (Å²) in [6.07, 6.45) is 6.55. The van der Waals surface area contributed by atoms with Crippen LogP contribution in [0.1, 0.15) is 18.4 Å². The maximum absolute atomic E-state index is 2.44. The minimum absolute atomic E-state index is 0.942. The van der Waals surface area contributed by atoms with Gasteiger partial charge in [0.2, 0.25) is 0 Å². The number of rotatable bonds is 11. The van der Waals surface area contributed by atoms with Crippen molar-refractivity contribution in [2.24, 2.45) is 0 Å². The van der Waals surface area contributed by atoms with E-state index < -0.39 is 0 Å². The van der Waals surface area contributed by atoms with Gasteiger partial charge in [-0.25, -0.2) is 0 Å². The number of hydrogen-bond donors (Lipinski definition) is 0. The quantitative estimate of drug-likeness (QED) is 0.128. The normalized spacial score (nSPS) is 12.3. The molecule has 2 nitrogen and oxygen atoms in total. The van der Waals surface area contributed by atoms with Gasteiger partial charge in [-0.2, -0.15) is 0 Å². The number of benzene rings is 10. The fourth-order valence-corrected chi connectivity index (χ4v) is 9.38. The first-order valence-corrected chi connectivity index (χ1v) is 22.9. The molecule has 11 rings (SSSR count). The molecule has 0 unspecified atom stereocenters. The second-order valence-corrected chi connectivity index (χ2v) is 16.9. The molecule has 0 atom stereocenters. The average molecular weight is 845 g/mol. The first-order chi connectivity index (χ1) is 32.7. The SMILES string of the molecule is C1=C(c2ccccc2)CCC(N(c2ccccc2)c2ccc(-c3ccc(-c4ccc(N(c5ccccc5)c5ccc(-c6ccccc6)cc5)cc4)cc3)c(-c3ccc4ccccc4c3)c2)=C1. The van der Waals surface area contributed by atoms with E-state index in [4.69, 9.17) is 0 Å². The van der Waals surface area contributed by atoms with Crippen molar-refractivity contribution >= 4 is 44.8 Å². The number of para-hydroxylation sites is 2. The molecule has 2 heteroatoms. The summed E-state index contributed by atoms with van der Waals surface area (Å²) in [5.41, 5.74) is 19.1. The summed E-state index contributed by atoms with van der Waals surface area (Å²) in [6.45, 7) is 0. The maximum Gasteiger partial charge on any atom is 0.0465 e. The summed E-state index contributed by atoms with van der Waals surface area (Å²) in [7, 11) is 0. The van der Waals surface area contributed by atoms with E-state index in [1.165, 1.54) is 72.1 Å². The van der Waals surface area contributed by atoms with Crippen LogP contribution < -0.4 is 9.80 Å². The topological polar surface area (TPSA) is 6.48 Å². The molecule has 0 spiro atoms. The lowest BCUT2D eigenvalue weighted by Crippen LogP contribution is -2.18. The van der Waals surface area contributed by atoms with E-state index >= 15 is 0 Å². The fourth-order valence-electron chi connectivity index (χ4n) is 9.38. The predicted octanol–water partition coefficient (Wildman–Crippen LogP) is 17.9. The smallest absolute Gasteiger partial charge is 0.0465 e. The van der Waals surface area contributed by atoms with Crippen LogP contribution in [0.3, 0.4) is 0 Å². The molecule has 0 aromatic heterocycles. The van der Waals surface area contributed by atoms with Gasteiger partial charge in [0, 0.05) is 34.1 Å².